The van der Waals surface area contributed by atoms with Crippen molar-refractivity contribution in [1.82, 2.24) is 0 Å². The minimum atomic E-state index is -0.451. The Hall–Kier alpha value is -1.30. The minimum absolute atomic E-state index is 0.0436. The number of hydrogen-bond acceptors (Lipinski definition) is 4. The van der Waals surface area contributed by atoms with Gasteiger partial charge in [-0.3, -0.25) is 10.1 Å². The molecule has 0 N–H and O–H groups in total. The first kappa shape index (κ1) is 15.8. The molecule has 0 aliphatic carbocycles. The van der Waals surface area contributed by atoms with Gasteiger partial charge in [-0.15, -0.1) is 0 Å². The predicted octanol–water partition coefficient (Wildman–Crippen LogP) is 3.65. The quantitative estimate of drug-likeness (QED) is 0.434. The summed E-state index contributed by atoms with van der Waals surface area (Å²) in [6.07, 6.45) is 0. The van der Waals surface area contributed by atoms with Crippen molar-refractivity contribution in [3.05, 3.63) is 28.3 Å². The molecule has 106 valence electrons. The van der Waals surface area contributed by atoms with E-state index in [1.807, 2.05) is 0 Å². The molecule has 0 radical (unpaired) electrons. The number of nitro groups is 1. The molecule has 0 amide bonds. The largest absolute Gasteiger partial charge is 0.497 e. The molecule has 0 saturated carbocycles. The molecule has 0 fully saturated rings. The average Bonchev–Trinajstić information content (AvgIpc) is 2.38. The molecule has 1 aromatic rings. The maximum atomic E-state index is 10.9. The van der Waals surface area contributed by atoms with Crippen LogP contribution < -0.4 is 9.47 Å². The number of benzene rings is 1. The van der Waals surface area contributed by atoms with Crippen molar-refractivity contribution in [2.75, 3.05) is 19.0 Å². The summed E-state index contributed by atoms with van der Waals surface area (Å²) < 4.78 is 10.7. The summed E-state index contributed by atoms with van der Waals surface area (Å²) in [6.45, 7) is 4.61. The highest BCUT2D eigenvalue weighted by Crippen LogP contribution is 2.31. The Morgan fingerprint density at radius 3 is 2.58 bits per heavy atom. The van der Waals surface area contributed by atoms with Crippen molar-refractivity contribution in [1.29, 1.82) is 0 Å². The molecule has 0 aliphatic heterocycles. The molecule has 0 heterocycles. The van der Waals surface area contributed by atoms with E-state index in [0.29, 0.717) is 24.2 Å². The van der Waals surface area contributed by atoms with E-state index in [2.05, 4.69) is 29.8 Å². The second kappa shape index (κ2) is 7.33. The summed E-state index contributed by atoms with van der Waals surface area (Å²) in [7, 11) is 1.51. The van der Waals surface area contributed by atoms with Crippen LogP contribution in [-0.4, -0.2) is 24.0 Å². The highest BCUT2D eigenvalue weighted by atomic mass is 79.9. The number of ether oxygens (including phenoxy) is 2. The van der Waals surface area contributed by atoms with Gasteiger partial charge in [-0.1, -0.05) is 29.8 Å². The van der Waals surface area contributed by atoms with Gasteiger partial charge in [0.15, 0.2) is 0 Å². The molecular weight excluding hydrogens is 314 g/mol. The van der Waals surface area contributed by atoms with Crippen LogP contribution in [0, 0.1) is 22.0 Å². The van der Waals surface area contributed by atoms with Gasteiger partial charge in [0.25, 0.3) is 0 Å². The predicted molar refractivity (Wildman–Crippen MR) is 77.3 cm³/mol. The number of rotatable bonds is 7. The van der Waals surface area contributed by atoms with E-state index >= 15 is 0 Å². The molecule has 0 aliphatic rings. The van der Waals surface area contributed by atoms with E-state index in [4.69, 9.17) is 9.47 Å². The van der Waals surface area contributed by atoms with E-state index in [9.17, 15) is 10.1 Å². The lowest BCUT2D eigenvalue weighted by Crippen LogP contribution is -2.19. The first-order valence-electron chi connectivity index (χ1n) is 6.00. The van der Waals surface area contributed by atoms with Crippen LogP contribution in [0.1, 0.15) is 13.8 Å². The highest BCUT2D eigenvalue weighted by molar-refractivity contribution is 9.09. The Morgan fingerprint density at radius 1 is 1.42 bits per heavy atom. The Bertz CT molecular complexity index is 437. The number of nitrogens with zero attached hydrogens (tertiary/aromatic N) is 1. The van der Waals surface area contributed by atoms with Crippen LogP contribution in [0.25, 0.3) is 0 Å². The van der Waals surface area contributed by atoms with Crippen molar-refractivity contribution < 1.29 is 14.4 Å². The third-order valence-electron chi connectivity index (χ3n) is 2.96. The van der Waals surface area contributed by atoms with Crippen LogP contribution in [0.3, 0.4) is 0 Å². The van der Waals surface area contributed by atoms with Crippen molar-refractivity contribution in [2.24, 2.45) is 11.8 Å². The third-order valence-corrected chi connectivity index (χ3v) is 3.79. The zero-order valence-electron chi connectivity index (χ0n) is 11.3. The van der Waals surface area contributed by atoms with Crippen molar-refractivity contribution in [3.8, 4) is 11.5 Å². The van der Waals surface area contributed by atoms with Crippen molar-refractivity contribution in [2.45, 2.75) is 13.8 Å². The van der Waals surface area contributed by atoms with Crippen molar-refractivity contribution >= 4 is 21.6 Å². The molecular formula is C13H18BrNO4. The van der Waals surface area contributed by atoms with Gasteiger partial charge in [0.05, 0.1) is 18.6 Å². The first-order valence-corrected chi connectivity index (χ1v) is 7.13. The second-order valence-electron chi connectivity index (χ2n) is 4.56. The number of halogens is 1. The van der Waals surface area contributed by atoms with E-state index in [1.54, 1.807) is 12.1 Å². The lowest BCUT2D eigenvalue weighted by molar-refractivity contribution is -0.385. The van der Waals surface area contributed by atoms with E-state index < -0.39 is 4.92 Å². The van der Waals surface area contributed by atoms with Gasteiger partial charge in [-0.2, -0.15) is 0 Å². The van der Waals surface area contributed by atoms with Gasteiger partial charge in [-0.25, -0.2) is 0 Å². The van der Waals surface area contributed by atoms with Gasteiger partial charge < -0.3 is 9.47 Å². The molecule has 19 heavy (non-hydrogen) atoms. The molecule has 5 nitrogen and oxygen atoms in total. The summed E-state index contributed by atoms with van der Waals surface area (Å²) >= 11 is 3.43. The summed E-state index contributed by atoms with van der Waals surface area (Å²) in [5.74, 6) is 1.52. The van der Waals surface area contributed by atoms with Gasteiger partial charge >= 0.3 is 5.69 Å². The van der Waals surface area contributed by atoms with Crippen LogP contribution in [0.4, 0.5) is 5.69 Å². The maximum absolute atomic E-state index is 10.9. The summed E-state index contributed by atoms with van der Waals surface area (Å²) in [5.41, 5.74) is -0.0436. The Balaban J connectivity index is 2.88. The molecule has 1 atom stereocenters. The highest BCUT2D eigenvalue weighted by Gasteiger charge is 2.19. The smallest absolute Gasteiger partial charge is 0.311 e. The van der Waals surface area contributed by atoms with Crippen LogP contribution in [-0.2, 0) is 0 Å². The van der Waals surface area contributed by atoms with Crippen LogP contribution in [0.2, 0.25) is 0 Å². The molecule has 1 aromatic carbocycles. The summed E-state index contributed by atoms with van der Waals surface area (Å²) in [6, 6.07) is 4.49. The molecule has 1 unspecified atom stereocenters. The Labute approximate surface area is 121 Å². The molecule has 6 heteroatoms. The van der Waals surface area contributed by atoms with E-state index in [1.165, 1.54) is 13.2 Å². The lowest BCUT2D eigenvalue weighted by Gasteiger charge is -2.18. The van der Waals surface area contributed by atoms with Crippen molar-refractivity contribution in [3.63, 3.8) is 0 Å². The molecule has 0 bridgehead atoms. The molecule has 0 aromatic heterocycles. The zero-order chi connectivity index (χ0) is 14.4. The lowest BCUT2D eigenvalue weighted by atomic mass is 9.99. The topological polar surface area (TPSA) is 61.6 Å². The van der Waals surface area contributed by atoms with Gasteiger partial charge in [0.2, 0.25) is 5.75 Å². The number of hydrogen-bond donors (Lipinski definition) is 0. The fraction of sp³-hybridized carbons (Fsp3) is 0.538. The SMILES string of the molecule is COc1ccc([N+](=O)[O-])c(OCC(CBr)C(C)C)c1. The summed E-state index contributed by atoms with van der Waals surface area (Å²) in [4.78, 5) is 10.5. The normalized spacial score (nSPS) is 12.3. The Morgan fingerprint density at radius 2 is 2.11 bits per heavy atom. The van der Waals surface area contributed by atoms with Gasteiger partial charge in [0.1, 0.15) is 5.75 Å². The average molecular weight is 332 g/mol. The fourth-order valence-corrected chi connectivity index (χ4v) is 2.43. The van der Waals surface area contributed by atoms with E-state index in [-0.39, 0.29) is 11.4 Å². The number of nitro benzene ring substituents is 1. The Kier molecular flexibility index (Phi) is 6.08. The standard InChI is InChI=1S/C13H18BrNO4/c1-9(2)10(7-14)8-19-13-6-11(18-3)4-5-12(13)15(16)17/h4-6,9-10H,7-8H2,1-3H3. The first-order chi connectivity index (χ1) is 8.99. The number of methoxy groups -OCH3 is 1. The minimum Gasteiger partial charge on any atom is -0.497 e. The summed E-state index contributed by atoms with van der Waals surface area (Å²) in [5, 5.41) is 11.7. The fourth-order valence-electron chi connectivity index (χ4n) is 1.50. The maximum Gasteiger partial charge on any atom is 0.311 e. The van der Waals surface area contributed by atoms with E-state index in [0.717, 1.165) is 5.33 Å². The number of alkyl halides is 1. The second-order valence-corrected chi connectivity index (χ2v) is 5.21. The molecule has 0 spiro atoms. The van der Waals surface area contributed by atoms with Gasteiger partial charge in [-0.05, 0) is 12.0 Å². The van der Waals surface area contributed by atoms with Crippen LogP contribution in [0.5, 0.6) is 11.5 Å². The van der Waals surface area contributed by atoms with Gasteiger partial charge in [0, 0.05) is 23.4 Å². The molecule has 0 saturated heterocycles. The third kappa shape index (κ3) is 4.38. The van der Waals surface area contributed by atoms with Crippen LogP contribution in [0.15, 0.2) is 18.2 Å². The monoisotopic (exact) mass is 331 g/mol. The van der Waals surface area contributed by atoms with Crippen LogP contribution >= 0.6 is 15.9 Å². The zero-order valence-corrected chi connectivity index (χ0v) is 12.8. The molecule has 1 rings (SSSR count).